The molecule has 1 aliphatic heterocycles. The lowest BCUT2D eigenvalue weighted by atomic mass is 10.1. The maximum atomic E-state index is 11.0. The zero-order chi connectivity index (χ0) is 21.4. The molecule has 0 radical (unpaired) electrons. The molecule has 2 rings (SSSR count). The van der Waals surface area contributed by atoms with Gasteiger partial charge in [-0.05, 0) is 62.8 Å². The largest absolute Gasteiger partial charge is 0.494 e. The third-order valence-electron chi connectivity index (χ3n) is 5.68. The van der Waals surface area contributed by atoms with Crippen molar-refractivity contribution in [2.75, 3.05) is 19.8 Å². The summed E-state index contributed by atoms with van der Waals surface area (Å²) in [6.45, 7) is 4.20. The normalized spacial score (nSPS) is 16.5. The summed E-state index contributed by atoms with van der Waals surface area (Å²) in [5, 5.41) is 9.05. The molecule has 1 aliphatic rings. The van der Waals surface area contributed by atoms with Gasteiger partial charge in [0.15, 0.2) is 6.29 Å². The predicted molar refractivity (Wildman–Crippen MR) is 119 cm³/mol. The molecule has 1 N–H and O–H groups in total. The highest BCUT2D eigenvalue weighted by Gasteiger charge is 2.13. The maximum absolute atomic E-state index is 11.0. The van der Waals surface area contributed by atoms with Gasteiger partial charge in [-0.2, -0.15) is 0 Å². The summed E-state index contributed by atoms with van der Waals surface area (Å²) < 4.78 is 17.1. The summed E-state index contributed by atoms with van der Waals surface area (Å²) >= 11 is 0. The third kappa shape index (κ3) is 10.4. The third-order valence-corrected chi connectivity index (χ3v) is 5.68. The van der Waals surface area contributed by atoms with Crippen LogP contribution in [0, 0.1) is 6.92 Å². The van der Waals surface area contributed by atoms with Crippen LogP contribution < -0.4 is 4.74 Å². The molecule has 1 atom stereocenters. The number of rotatable bonds is 16. The lowest BCUT2D eigenvalue weighted by Crippen LogP contribution is -2.22. The quantitative estimate of drug-likeness (QED) is 0.309. The maximum Gasteiger partial charge on any atom is 0.335 e. The van der Waals surface area contributed by atoms with E-state index in [1.54, 1.807) is 25.1 Å². The van der Waals surface area contributed by atoms with Crippen LogP contribution in [0.4, 0.5) is 0 Å². The summed E-state index contributed by atoms with van der Waals surface area (Å²) in [4.78, 5) is 11.0. The van der Waals surface area contributed by atoms with E-state index in [9.17, 15) is 4.79 Å². The number of unbranched alkanes of at least 4 members (excludes halogenated alkanes) is 9. The molecule has 5 heteroatoms. The molecule has 30 heavy (non-hydrogen) atoms. The monoisotopic (exact) mass is 420 g/mol. The molecule has 1 heterocycles. The van der Waals surface area contributed by atoms with Crippen LogP contribution in [0.3, 0.4) is 0 Å². The Bertz CT molecular complexity index is 595. The molecule has 5 nitrogen and oxygen atoms in total. The van der Waals surface area contributed by atoms with Crippen LogP contribution in [-0.2, 0) is 9.47 Å². The molecule has 0 bridgehead atoms. The first kappa shape index (κ1) is 24.7. The van der Waals surface area contributed by atoms with Gasteiger partial charge in [-0.15, -0.1) is 0 Å². The molecule has 0 aromatic heterocycles. The van der Waals surface area contributed by atoms with E-state index in [2.05, 4.69) is 0 Å². The van der Waals surface area contributed by atoms with E-state index >= 15 is 0 Å². The highest BCUT2D eigenvalue weighted by Crippen LogP contribution is 2.18. The van der Waals surface area contributed by atoms with Crippen LogP contribution in [0.2, 0.25) is 0 Å². The van der Waals surface area contributed by atoms with Gasteiger partial charge in [0.1, 0.15) is 5.75 Å². The van der Waals surface area contributed by atoms with E-state index in [1.165, 1.54) is 64.2 Å². The Morgan fingerprint density at radius 1 is 0.967 bits per heavy atom. The van der Waals surface area contributed by atoms with Gasteiger partial charge >= 0.3 is 5.97 Å². The second-order valence-corrected chi connectivity index (χ2v) is 8.33. The predicted octanol–water partition coefficient (Wildman–Crippen LogP) is 6.52. The number of carbonyl (C=O) groups is 1. The topological polar surface area (TPSA) is 65.0 Å². The van der Waals surface area contributed by atoms with E-state index in [-0.39, 0.29) is 6.29 Å². The number of aryl methyl sites for hydroxylation is 1. The number of hydrogen-bond donors (Lipinski definition) is 1. The molecular formula is C25H40O5. The fourth-order valence-corrected chi connectivity index (χ4v) is 3.83. The molecule has 170 valence electrons. The van der Waals surface area contributed by atoms with Crippen LogP contribution in [-0.4, -0.2) is 37.2 Å². The van der Waals surface area contributed by atoms with Crippen molar-refractivity contribution in [1.82, 2.24) is 0 Å². The van der Waals surface area contributed by atoms with Crippen molar-refractivity contribution in [1.29, 1.82) is 0 Å². The average molecular weight is 421 g/mol. The Morgan fingerprint density at radius 3 is 2.17 bits per heavy atom. The van der Waals surface area contributed by atoms with Crippen molar-refractivity contribution < 1.29 is 24.1 Å². The minimum Gasteiger partial charge on any atom is -0.494 e. The molecule has 0 amide bonds. The minimum absolute atomic E-state index is 0.0609. The smallest absolute Gasteiger partial charge is 0.335 e. The van der Waals surface area contributed by atoms with Gasteiger partial charge in [-0.3, -0.25) is 0 Å². The first-order valence-corrected chi connectivity index (χ1v) is 11.9. The zero-order valence-corrected chi connectivity index (χ0v) is 18.7. The van der Waals surface area contributed by atoms with Gasteiger partial charge in [0.25, 0.3) is 0 Å². The Balaban J connectivity index is 1.33. The number of carboxylic acid groups (broad SMARTS) is 1. The SMILES string of the molecule is Cc1cc(OCCCCCCCCCCCCOC2CCCCO2)ccc1C(=O)O. The Morgan fingerprint density at radius 2 is 1.60 bits per heavy atom. The van der Waals surface area contributed by atoms with E-state index in [0.29, 0.717) is 12.2 Å². The Labute approximate surface area is 182 Å². The van der Waals surface area contributed by atoms with Gasteiger partial charge in [0, 0.05) is 13.2 Å². The lowest BCUT2D eigenvalue weighted by molar-refractivity contribution is -0.162. The molecule has 1 aromatic rings. The van der Waals surface area contributed by atoms with E-state index < -0.39 is 5.97 Å². The van der Waals surface area contributed by atoms with Crippen molar-refractivity contribution >= 4 is 5.97 Å². The van der Waals surface area contributed by atoms with Crippen molar-refractivity contribution in [2.45, 2.75) is 96.7 Å². The molecule has 0 spiro atoms. The van der Waals surface area contributed by atoms with E-state index in [4.69, 9.17) is 19.3 Å². The van der Waals surface area contributed by atoms with Crippen LogP contribution in [0.5, 0.6) is 5.75 Å². The summed E-state index contributed by atoms with van der Waals surface area (Å²) in [6.07, 6.45) is 16.0. The van der Waals surface area contributed by atoms with Gasteiger partial charge in [0.2, 0.25) is 0 Å². The van der Waals surface area contributed by atoms with Crippen LogP contribution in [0.25, 0.3) is 0 Å². The van der Waals surface area contributed by atoms with Gasteiger partial charge in [0.05, 0.1) is 12.2 Å². The Kier molecular flexibility index (Phi) is 12.5. The number of carboxylic acids is 1. The molecule has 1 unspecified atom stereocenters. The molecule has 1 fully saturated rings. The standard InChI is InChI=1S/C25H40O5/c1-21-20-22(15-16-23(21)25(26)27)28-17-11-8-6-4-2-3-5-7-9-12-18-29-24-14-10-13-19-30-24/h15-16,20,24H,2-14,17-19H2,1H3,(H,26,27). The van der Waals surface area contributed by atoms with Gasteiger partial charge in [-0.1, -0.05) is 51.4 Å². The second-order valence-electron chi connectivity index (χ2n) is 8.33. The molecule has 1 saturated heterocycles. The lowest BCUT2D eigenvalue weighted by Gasteiger charge is -2.22. The summed E-state index contributed by atoms with van der Waals surface area (Å²) in [5.74, 6) is -0.132. The fraction of sp³-hybridized carbons (Fsp3) is 0.720. The first-order chi connectivity index (χ1) is 14.7. The fourth-order valence-electron chi connectivity index (χ4n) is 3.83. The molecule has 0 saturated carbocycles. The van der Waals surface area contributed by atoms with E-state index in [0.717, 1.165) is 43.8 Å². The molecule has 0 aliphatic carbocycles. The number of aromatic carboxylic acids is 1. The van der Waals surface area contributed by atoms with E-state index in [1.807, 2.05) is 0 Å². The number of ether oxygens (including phenoxy) is 3. The summed E-state index contributed by atoms with van der Waals surface area (Å²) in [7, 11) is 0. The van der Waals surface area contributed by atoms with Gasteiger partial charge in [-0.25, -0.2) is 4.79 Å². The van der Waals surface area contributed by atoms with Crippen LogP contribution >= 0.6 is 0 Å². The highest BCUT2D eigenvalue weighted by atomic mass is 16.7. The zero-order valence-electron chi connectivity index (χ0n) is 18.7. The minimum atomic E-state index is -0.891. The average Bonchev–Trinajstić information content (AvgIpc) is 2.74. The Hall–Kier alpha value is -1.59. The number of benzene rings is 1. The van der Waals surface area contributed by atoms with Crippen molar-refractivity contribution in [3.05, 3.63) is 29.3 Å². The van der Waals surface area contributed by atoms with Gasteiger partial charge < -0.3 is 19.3 Å². The summed E-state index contributed by atoms with van der Waals surface area (Å²) in [6, 6.07) is 5.16. The van der Waals surface area contributed by atoms with Crippen molar-refractivity contribution in [2.24, 2.45) is 0 Å². The van der Waals surface area contributed by atoms with Crippen molar-refractivity contribution in [3.63, 3.8) is 0 Å². The van der Waals surface area contributed by atoms with Crippen molar-refractivity contribution in [3.8, 4) is 5.75 Å². The van der Waals surface area contributed by atoms with Crippen LogP contribution in [0.1, 0.15) is 99.4 Å². The highest BCUT2D eigenvalue weighted by molar-refractivity contribution is 5.89. The second kappa shape index (κ2) is 15.2. The summed E-state index contributed by atoms with van der Waals surface area (Å²) in [5.41, 5.74) is 1.08. The first-order valence-electron chi connectivity index (χ1n) is 11.9. The molecular weight excluding hydrogens is 380 g/mol. The number of hydrogen-bond acceptors (Lipinski definition) is 4. The van der Waals surface area contributed by atoms with Crippen LogP contribution in [0.15, 0.2) is 18.2 Å². The molecule has 1 aromatic carbocycles.